The monoisotopic (exact) mass is 675 g/mol. The molecule has 0 bridgehead atoms. The molecular weight excluding hydrogens is 639 g/mol. The van der Waals surface area contributed by atoms with Gasteiger partial charge >= 0.3 is 0 Å². The van der Waals surface area contributed by atoms with Crippen molar-refractivity contribution in [2.24, 2.45) is 0 Å². The van der Waals surface area contributed by atoms with Crippen LogP contribution < -0.4 is 0 Å². The molecule has 1 spiro atoms. The molecule has 0 radical (unpaired) electrons. The van der Waals surface area contributed by atoms with Gasteiger partial charge in [-0.1, -0.05) is 158 Å². The Kier molecular flexibility index (Phi) is 6.57. The van der Waals surface area contributed by atoms with E-state index >= 15 is 0 Å². The molecule has 8 aromatic carbocycles. The SMILES string of the molecule is Cc1cc(-n2c3ccccc3c3ccccc32)cc2c1-c1ccccc1C21c2ccccc2-c2ccccc21.c1ccc2c(c1)CCc1ccccc1-2. The van der Waals surface area contributed by atoms with Crippen LogP contribution >= 0.6 is 0 Å². The third-order valence-corrected chi connectivity index (χ3v) is 12.1. The zero-order valence-corrected chi connectivity index (χ0v) is 29.7. The summed E-state index contributed by atoms with van der Waals surface area (Å²) in [7, 11) is 0. The van der Waals surface area contributed by atoms with E-state index < -0.39 is 0 Å². The molecule has 0 saturated carbocycles. The number of hydrogen-bond acceptors (Lipinski definition) is 0. The van der Waals surface area contributed by atoms with Crippen LogP contribution in [0.2, 0.25) is 0 Å². The van der Waals surface area contributed by atoms with E-state index in [1.54, 1.807) is 0 Å². The summed E-state index contributed by atoms with van der Waals surface area (Å²) in [5, 5.41) is 2.58. The third kappa shape index (κ3) is 4.19. The second-order valence-corrected chi connectivity index (χ2v) is 14.8. The number of para-hydroxylation sites is 2. The molecule has 0 unspecified atom stereocenters. The fourth-order valence-electron chi connectivity index (χ4n) is 10.0. The van der Waals surface area contributed by atoms with Crippen LogP contribution in [0.25, 0.3) is 60.9 Å². The van der Waals surface area contributed by atoms with Gasteiger partial charge in [0, 0.05) is 16.5 Å². The Morgan fingerprint density at radius 1 is 0.396 bits per heavy atom. The minimum absolute atomic E-state index is 0.335. The van der Waals surface area contributed by atoms with Crippen molar-refractivity contribution in [1.29, 1.82) is 0 Å². The van der Waals surface area contributed by atoms with Crippen molar-refractivity contribution >= 4 is 21.8 Å². The first-order valence-corrected chi connectivity index (χ1v) is 18.8. The lowest BCUT2D eigenvalue weighted by Crippen LogP contribution is -2.26. The topological polar surface area (TPSA) is 4.93 Å². The van der Waals surface area contributed by atoms with Crippen molar-refractivity contribution in [1.82, 2.24) is 4.57 Å². The number of aromatic nitrogens is 1. The molecule has 0 amide bonds. The number of fused-ring (bicyclic) bond motifs is 16. The minimum Gasteiger partial charge on any atom is -0.309 e. The summed E-state index contributed by atoms with van der Waals surface area (Å²) in [6, 6.07) is 67.1. The van der Waals surface area contributed by atoms with E-state index in [-0.39, 0.29) is 5.41 Å². The normalized spacial score (nSPS) is 13.8. The molecule has 1 heterocycles. The number of rotatable bonds is 1. The second kappa shape index (κ2) is 11.5. The van der Waals surface area contributed by atoms with Gasteiger partial charge in [0.1, 0.15) is 0 Å². The molecule has 12 rings (SSSR count). The van der Waals surface area contributed by atoms with Crippen molar-refractivity contribution in [3.05, 3.63) is 221 Å². The maximum Gasteiger partial charge on any atom is 0.0726 e. The van der Waals surface area contributed by atoms with Crippen LogP contribution in [0.1, 0.15) is 38.9 Å². The second-order valence-electron chi connectivity index (χ2n) is 14.8. The van der Waals surface area contributed by atoms with Crippen molar-refractivity contribution in [3.63, 3.8) is 0 Å². The van der Waals surface area contributed by atoms with E-state index in [9.17, 15) is 0 Å². The van der Waals surface area contributed by atoms with E-state index in [1.807, 2.05) is 0 Å². The predicted molar refractivity (Wildman–Crippen MR) is 221 cm³/mol. The fourth-order valence-corrected chi connectivity index (χ4v) is 10.0. The van der Waals surface area contributed by atoms with Crippen molar-refractivity contribution in [2.45, 2.75) is 25.2 Å². The lowest BCUT2D eigenvalue weighted by atomic mass is 9.70. The smallest absolute Gasteiger partial charge is 0.0726 e. The van der Waals surface area contributed by atoms with Crippen molar-refractivity contribution < 1.29 is 0 Å². The zero-order valence-electron chi connectivity index (χ0n) is 29.7. The molecule has 3 aliphatic rings. The van der Waals surface area contributed by atoms with Gasteiger partial charge in [-0.15, -0.1) is 0 Å². The molecule has 250 valence electrons. The first-order valence-electron chi connectivity index (χ1n) is 18.8. The van der Waals surface area contributed by atoms with Gasteiger partial charge in [0.05, 0.1) is 16.4 Å². The summed E-state index contributed by atoms with van der Waals surface area (Å²) in [4.78, 5) is 0. The van der Waals surface area contributed by atoms with Crippen LogP contribution in [0.3, 0.4) is 0 Å². The molecule has 53 heavy (non-hydrogen) atoms. The quantitative estimate of drug-likeness (QED) is 0.163. The average molecular weight is 676 g/mol. The first-order chi connectivity index (χ1) is 26.2. The summed E-state index contributed by atoms with van der Waals surface area (Å²) in [5.74, 6) is 0. The molecule has 9 aromatic rings. The van der Waals surface area contributed by atoms with Gasteiger partial charge in [0.2, 0.25) is 0 Å². The highest BCUT2D eigenvalue weighted by atomic mass is 15.0. The maximum absolute atomic E-state index is 2.49. The number of benzene rings is 8. The van der Waals surface area contributed by atoms with E-state index in [1.165, 1.54) is 113 Å². The largest absolute Gasteiger partial charge is 0.309 e. The molecule has 1 heteroatoms. The summed E-state index contributed by atoms with van der Waals surface area (Å²) in [6.07, 6.45) is 2.38. The van der Waals surface area contributed by atoms with Gasteiger partial charge in [0.25, 0.3) is 0 Å². The predicted octanol–water partition coefficient (Wildman–Crippen LogP) is 12.9. The molecule has 0 N–H and O–H groups in total. The van der Waals surface area contributed by atoms with E-state index in [0.717, 1.165) is 0 Å². The Labute approximate surface area is 310 Å². The third-order valence-electron chi connectivity index (χ3n) is 12.1. The highest BCUT2D eigenvalue weighted by Gasteiger charge is 2.52. The lowest BCUT2D eigenvalue weighted by Gasteiger charge is -2.31. The van der Waals surface area contributed by atoms with Crippen molar-refractivity contribution in [3.8, 4) is 39.1 Å². The van der Waals surface area contributed by atoms with Crippen LogP contribution in [-0.2, 0) is 18.3 Å². The average Bonchev–Trinajstić information content (AvgIpc) is 3.83. The molecule has 0 atom stereocenters. The molecule has 1 nitrogen and oxygen atoms in total. The van der Waals surface area contributed by atoms with Crippen LogP contribution in [0.15, 0.2) is 182 Å². The van der Waals surface area contributed by atoms with E-state index in [2.05, 4.69) is 193 Å². The maximum atomic E-state index is 2.49. The van der Waals surface area contributed by atoms with Gasteiger partial charge in [-0.3, -0.25) is 0 Å². The number of hydrogen-bond donors (Lipinski definition) is 0. The van der Waals surface area contributed by atoms with Gasteiger partial charge in [0.15, 0.2) is 0 Å². The highest BCUT2D eigenvalue weighted by molar-refractivity contribution is 6.09. The van der Waals surface area contributed by atoms with Crippen LogP contribution in [0, 0.1) is 6.92 Å². The molecule has 3 aliphatic carbocycles. The Bertz CT molecular complexity index is 2780. The zero-order chi connectivity index (χ0) is 35.1. The summed E-state index contributed by atoms with van der Waals surface area (Å²) in [6.45, 7) is 2.29. The van der Waals surface area contributed by atoms with Crippen LogP contribution in [0.4, 0.5) is 0 Å². The number of aryl methyl sites for hydroxylation is 3. The molecular formula is C52H37N. The van der Waals surface area contributed by atoms with Crippen molar-refractivity contribution in [2.75, 3.05) is 0 Å². The first kappa shape index (κ1) is 30.2. The Morgan fingerprint density at radius 2 is 0.811 bits per heavy atom. The summed E-state index contributed by atoms with van der Waals surface area (Å²) in [5.41, 5.74) is 21.5. The van der Waals surface area contributed by atoms with E-state index in [0.29, 0.717) is 0 Å². The fraction of sp³-hybridized carbons (Fsp3) is 0.0769. The minimum atomic E-state index is -0.335. The van der Waals surface area contributed by atoms with Crippen LogP contribution in [-0.4, -0.2) is 4.57 Å². The Morgan fingerprint density at radius 3 is 1.36 bits per heavy atom. The summed E-state index contributed by atoms with van der Waals surface area (Å²) >= 11 is 0. The standard InChI is InChI=1S/C38H25N.C14H12/c1-24-22-25(39-35-20-10-5-14-28(35)29-15-6-11-21-36(29)39)23-34-37(24)30-16-4-9-19-33(30)38(34)31-17-7-2-12-26(31)27-13-3-8-18-32(27)38;1-3-7-13-11(5-1)9-10-12-6-2-4-8-14(12)13/h2-23H,1H3;1-8H,9-10H2. The lowest BCUT2D eigenvalue weighted by molar-refractivity contribution is 0.792. The highest BCUT2D eigenvalue weighted by Crippen LogP contribution is 2.63. The molecule has 0 saturated heterocycles. The van der Waals surface area contributed by atoms with E-state index in [4.69, 9.17) is 0 Å². The molecule has 0 fully saturated rings. The molecule has 0 aliphatic heterocycles. The van der Waals surface area contributed by atoms with Crippen LogP contribution in [0.5, 0.6) is 0 Å². The molecule has 1 aromatic heterocycles. The van der Waals surface area contributed by atoms with Gasteiger partial charge in [-0.05, 0) is 116 Å². The van der Waals surface area contributed by atoms with Gasteiger partial charge in [-0.2, -0.15) is 0 Å². The Balaban J connectivity index is 0.000000198. The number of nitrogens with zero attached hydrogens (tertiary/aromatic N) is 1. The Hall–Kier alpha value is -6.44. The summed E-state index contributed by atoms with van der Waals surface area (Å²) < 4.78 is 2.46. The van der Waals surface area contributed by atoms with Gasteiger partial charge < -0.3 is 4.57 Å². The van der Waals surface area contributed by atoms with Gasteiger partial charge in [-0.25, -0.2) is 0 Å².